The summed E-state index contributed by atoms with van der Waals surface area (Å²) in [7, 11) is 4.22. The molecule has 0 saturated heterocycles. The van der Waals surface area contributed by atoms with Gasteiger partial charge in [-0.3, -0.25) is 4.99 Å². The van der Waals surface area contributed by atoms with Gasteiger partial charge in [-0.2, -0.15) is 0 Å². The lowest BCUT2D eigenvalue weighted by Gasteiger charge is -2.26. The predicted molar refractivity (Wildman–Crippen MR) is 94.5 cm³/mol. The van der Waals surface area contributed by atoms with Gasteiger partial charge in [-0.15, -0.1) is 0 Å². The summed E-state index contributed by atoms with van der Waals surface area (Å²) >= 11 is 0. The van der Waals surface area contributed by atoms with Crippen molar-refractivity contribution in [3.63, 3.8) is 0 Å². The van der Waals surface area contributed by atoms with Gasteiger partial charge in [-0.25, -0.2) is 0 Å². The van der Waals surface area contributed by atoms with Crippen molar-refractivity contribution in [2.75, 3.05) is 53.5 Å². The normalized spacial score (nSPS) is 16.2. The Kier molecular flexibility index (Phi) is 8.79. The van der Waals surface area contributed by atoms with Gasteiger partial charge in [0.25, 0.3) is 0 Å². The van der Waals surface area contributed by atoms with Gasteiger partial charge in [0, 0.05) is 39.4 Å². The van der Waals surface area contributed by atoms with Crippen molar-refractivity contribution in [3.05, 3.63) is 0 Å². The van der Waals surface area contributed by atoms with Crippen molar-refractivity contribution in [1.82, 2.24) is 15.5 Å². The van der Waals surface area contributed by atoms with Crippen LogP contribution >= 0.6 is 0 Å². The second kappa shape index (κ2) is 10.1. The molecule has 0 aromatic carbocycles. The Morgan fingerprint density at radius 3 is 2.59 bits per heavy atom. The molecule has 0 aromatic heterocycles. The summed E-state index contributed by atoms with van der Waals surface area (Å²) in [4.78, 5) is 6.94. The first-order valence-electron chi connectivity index (χ1n) is 8.67. The molecule has 0 amide bonds. The number of nitrogens with zero attached hydrogens (tertiary/aromatic N) is 2. The molecule has 22 heavy (non-hydrogen) atoms. The van der Waals surface area contributed by atoms with E-state index in [1.807, 2.05) is 0 Å². The maximum Gasteiger partial charge on any atom is 0.191 e. The molecule has 5 nitrogen and oxygen atoms in total. The Morgan fingerprint density at radius 2 is 2.00 bits per heavy atom. The second-order valence-electron chi connectivity index (χ2n) is 7.40. The Bertz CT molecular complexity index is 325. The van der Waals surface area contributed by atoms with Crippen LogP contribution in [0.5, 0.6) is 0 Å². The SMILES string of the molecule is CCNC(=NCC(C)(C)CN(C)C)NCCCOCC1CC1. The molecule has 0 radical (unpaired) electrons. The molecule has 0 aliphatic heterocycles. The minimum atomic E-state index is 0.180. The lowest BCUT2D eigenvalue weighted by atomic mass is 9.93. The molecule has 0 heterocycles. The van der Waals surface area contributed by atoms with Crippen LogP contribution in [0.2, 0.25) is 0 Å². The quantitative estimate of drug-likeness (QED) is 0.348. The predicted octanol–water partition coefficient (Wildman–Crippen LogP) is 1.95. The lowest BCUT2D eigenvalue weighted by Crippen LogP contribution is -2.39. The van der Waals surface area contributed by atoms with Crippen LogP contribution in [-0.4, -0.2) is 64.3 Å². The van der Waals surface area contributed by atoms with E-state index in [9.17, 15) is 0 Å². The average molecular weight is 313 g/mol. The molecule has 1 saturated carbocycles. The van der Waals surface area contributed by atoms with Gasteiger partial charge < -0.3 is 20.3 Å². The van der Waals surface area contributed by atoms with E-state index in [4.69, 9.17) is 9.73 Å². The molecule has 5 heteroatoms. The summed E-state index contributed by atoms with van der Waals surface area (Å²) in [6.45, 7) is 12.0. The smallest absolute Gasteiger partial charge is 0.191 e. The van der Waals surface area contributed by atoms with Gasteiger partial charge in [-0.05, 0) is 51.6 Å². The molecule has 130 valence electrons. The van der Waals surface area contributed by atoms with Crippen molar-refractivity contribution in [2.24, 2.45) is 16.3 Å². The maximum absolute atomic E-state index is 5.65. The van der Waals surface area contributed by atoms with E-state index in [0.29, 0.717) is 0 Å². The fourth-order valence-corrected chi connectivity index (χ4v) is 2.46. The number of ether oxygens (including phenoxy) is 1. The zero-order valence-electron chi connectivity index (χ0n) is 15.2. The van der Waals surface area contributed by atoms with E-state index in [0.717, 1.165) is 57.7 Å². The van der Waals surface area contributed by atoms with E-state index in [2.05, 4.69) is 50.4 Å². The molecule has 1 aliphatic carbocycles. The van der Waals surface area contributed by atoms with Crippen LogP contribution in [0.25, 0.3) is 0 Å². The summed E-state index contributed by atoms with van der Waals surface area (Å²) in [6.07, 6.45) is 3.74. The van der Waals surface area contributed by atoms with Gasteiger partial charge in [0.05, 0.1) is 0 Å². The Labute approximate surface area is 136 Å². The highest BCUT2D eigenvalue weighted by molar-refractivity contribution is 5.79. The highest BCUT2D eigenvalue weighted by Gasteiger charge is 2.21. The molecule has 2 N–H and O–H groups in total. The topological polar surface area (TPSA) is 48.9 Å². The molecule has 0 bridgehead atoms. The minimum Gasteiger partial charge on any atom is -0.381 e. The van der Waals surface area contributed by atoms with Crippen molar-refractivity contribution in [1.29, 1.82) is 0 Å². The number of rotatable bonds is 11. The van der Waals surface area contributed by atoms with Gasteiger partial charge in [0.1, 0.15) is 0 Å². The van der Waals surface area contributed by atoms with E-state index in [1.54, 1.807) is 0 Å². The van der Waals surface area contributed by atoms with Gasteiger partial charge in [0.15, 0.2) is 5.96 Å². The largest absolute Gasteiger partial charge is 0.381 e. The fourth-order valence-electron chi connectivity index (χ4n) is 2.46. The van der Waals surface area contributed by atoms with E-state index in [-0.39, 0.29) is 5.41 Å². The van der Waals surface area contributed by atoms with Crippen molar-refractivity contribution in [2.45, 2.75) is 40.0 Å². The highest BCUT2D eigenvalue weighted by atomic mass is 16.5. The van der Waals surface area contributed by atoms with Crippen molar-refractivity contribution >= 4 is 5.96 Å². The van der Waals surface area contributed by atoms with Gasteiger partial charge in [0.2, 0.25) is 0 Å². The summed E-state index contributed by atoms with van der Waals surface area (Å²) in [6, 6.07) is 0. The zero-order chi connectivity index (χ0) is 16.4. The summed E-state index contributed by atoms with van der Waals surface area (Å²) in [5.41, 5.74) is 0.180. The molecule has 0 atom stereocenters. The van der Waals surface area contributed by atoms with Gasteiger partial charge >= 0.3 is 0 Å². The maximum atomic E-state index is 5.65. The molecule has 0 spiro atoms. The van der Waals surface area contributed by atoms with Crippen molar-refractivity contribution < 1.29 is 4.74 Å². The Hall–Kier alpha value is -0.810. The van der Waals surface area contributed by atoms with Crippen LogP contribution in [0, 0.1) is 11.3 Å². The summed E-state index contributed by atoms with van der Waals surface area (Å²) in [5.74, 6) is 1.77. The molecule has 1 fully saturated rings. The molecular weight excluding hydrogens is 276 g/mol. The first-order chi connectivity index (χ1) is 10.4. The summed E-state index contributed by atoms with van der Waals surface area (Å²) in [5, 5.41) is 6.71. The van der Waals surface area contributed by atoms with Crippen LogP contribution < -0.4 is 10.6 Å². The van der Waals surface area contributed by atoms with Crippen molar-refractivity contribution in [3.8, 4) is 0 Å². The second-order valence-corrected chi connectivity index (χ2v) is 7.40. The molecule has 1 rings (SSSR count). The monoisotopic (exact) mass is 312 g/mol. The van der Waals surface area contributed by atoms with Crippen LogP contribution in [0.3, 0.4) is 0 Å². The van der Waals surface area contributed by atoms with E-state index >= 15 is 0 Å². The summed E-state index contributed by atoms with van der Waals surface area (Å²) < 4.78 is 5.65. The highest BCUT2D eigenvalue weighted by Crippen LogP contribution is 2.28. The van der Waals surface area contributed by atoms with Crippen LogP contribution in [0.1, 0.15) is 40.0 Å². The molecular formula is C17H36N4O. The Balaban J connectivity index is 2.21. The third-order valence-electron chi connectivity index (χ3n) is 3.56. The molecule has 0 aromatic rings. The van der Waals surface area contributed by atoms with Crippen LogP contribution in [0.4, 0.5) is 0 Å². The Morgan fingerprint density at radius 1 is 1.27 bits per heavy atom. The number of nitrogens with one attached hydrogen (secondary N) is 2. The van der Waals surface area contributed by atoms with Gasteiger partial charge in [-0.1, -0.05) is 13.8 Å². The first kappa shape index (κ1) is 19.2. The average Bonchev–Trinajstić information content (AvgIpc) is 3.22. The number of aliphatic imine (C=N–C) groups is 1. The van der Waals surface area contributed by atoms with Crippen LogP contribution in [0.15, 0.2) is 4.99 Å². The van der Waals surface area contributed by atoms with E-state index in [1.165, 1.54) is 12.8 Å². The standard InChI is InChI=1S/C17H36N4O/c1-6-18-16(20-13-17(2,3)14-21(4)5)19-10-7-11-22-12-15-8-9-15/h15H,6-14H2,1-5H3,(H2,18,19,20). The fraction of sp³-hybridized carbons (Fsp3) is 0.941. The number of guanidine groups is 1. The first-order valence-corrected chi connectivity index (χ1v) is 8.67. The van der Waals surface area contributed by atoms with E-state index < -0.39 is 0 Å². The van der Waals surface area contributed by atoms with Crippen LogP contribution in [-0.2, 0) is 4.74 Å². The lowest BCUT2D eigenvalue weighted by molar-refractivity contribution is 0.123. The minimum absolute atomic E-state index is 0.180. The zero-order valence-corrected chi connectivity index (χ0v) is 15.2. The molecule has 1 aliphatic rings. The third kappa shape index (κ3) is 10.0. The number of hydrogen-bond donors (Lipinski definition) is 2. The number of hydrogen-bond acceptors (Lipinski definition) is 3. The third-order valence-corrected chi connectivity index (χ3v) is 3.56. The molecule has 0 unspecified atom stereocenters.